The number of ether oxygens (including phenoxy) is 1. The van der Waals surface area contributed by atoms with Gasteiger partial charge in [-0.25, -0.2) is 4.68 Å². The van der Waals surface area contributed by atoms with Crippen LogP contribution >= 0.6 is 0 Å². The lowest BCUT2D eigenvalue weighted by Gasteiger charge is -2.54. The Kier molecular flexibility index (Phi) is 7.77. The van der Waals surface area contributed by atoms with Gasteiger partial charge in [-0.05, 0) is 81.5 Å². The van der Waals surface area contributed by atoms with Gasteiger partial charge in [0.1, 0.15) is 5.56 Å². The molecule has 8 nitrogen and oxygen atoms in total. The molecule has 6 fully saturated rings. The number of amides is 2. The monoisotopic (exact) mass is 523 g/mol. The molecule has 0 radical (unpaired) electrons. The van der Waals surface area contributed by atoms with Crippen LogP contribution in [0, 0.1) is 29.6 Å². The van der Waals surface area contributed by atoms with Gasteiger partial charge in [-0.2, -0.15) is 5.10 Å². The van der Waals surface area contributed by atoms with Crippen LogP contribution in [0.5, 0.6) is 5.88 Å². The zero-order valence-electron chi connectivity index (χ0n) is 23.0. The lowest BCUT2D eigenvalue weighted by Crippen LogP contribution is -2.55. The molecule has 38 heavy (non-hydrogen) atoms. The number of carbonyl (C=O) groups excluding carboxylic acids is 2. The highest BCUT2D eigenvalue weighted by molar-refractivity contribution is 5.96. The maximum absolute atomic E-state index is 13.6. The van der Waals surface area contributed by atoms with Crippen molar-refractivity contribution in [3.8, 4) is 5.88 Å². The summed E-state index contributed by atoms with van der Waals surface area (Å²) in [6.07, 6.45) is 16.3. The fourth-order valence-electron chi connectivity index (χ4n) is 8.18. The number of allylic oxidation sites excluding steroid dienone is 1. The average molecular weight is 524 g/mol. The number of carbonyl (C=O) groups is 2. The number of nitrogens with zero attached hydrogens (tertiary/aromatic N) is 3. The van der Waals surface area contributed by atoms with E-state index in [9.17, 15) is 9.59 Å². The number of piperazine rings is 1. The summed E-state index contributed by atoms with van der Waals surface area (Å²) in [5.74, 6) is 4.10. The summed E-state index contributed by atoms with van der Waals surface area (Å²) >= 11 is 0. The summed E-state index contributed by atoms with van der Waals surface area (Å²) in [6, 6.07) is 0.281. The zero-order valence-corrected chi connectivity index (χ0v) is 23.0. The smallest absolute Gasteiger partial charge is 0.258 e. The molecule has 208 valence electrons. The molecule has 1 aromatic rings. The van der Waals surface area contributed by atoms with Gasteiger partial charge >= 0.3 is 0 Å². The van der Waals surface area contributed by atoms with Gasteiger partial charge in [0.15, 0.2) is 0 Å². The van der Waals surface area contributed by atoms with Crippen molar-refractivity contribution in [2.45, 2.75) is 83.7 Å². The Morgan fingerprint density at radius 3 is 2.42 bits per heavy atom. The maximum atomic E-state index is 13.6. The largest absolute Gasteiger partial charge is 0.477 e. The minimum atomic E-state index is -0.0510. The van der Waals surface area contributed by atoms with Crippen LogP contribution < -0.4 is 15.4 Å². The first kappa shape index (κ1) is 25.9. The Labute approximate surface area is 226 Å². The van der Waals surface area contributed by atoms with Crippen LogP contribution in [0.15, 0.2) is 17.8 Å². The van der Waals surface area contributed by atoms with E-state index in [0.29, 0.717) is 47.9 Å². The summed E-state index contributed by atoms with van der Waals surface area (Å²) in [6.45, 7) is 6.03. The molecule has 1 aliphatic heterocycles. The zero-order chi connectivity index (χ0) is 26.1. The van der Waals surface area contributed by atoms with Crippen LogP contribution in [-0.4, -0.2) is 65.3 Å². The first-order valence-corrected chi connectivity index (χ1v) is 15.2. The molecule has 2 heterocycles. The lowest BCUT2D eigenvalue weighted by atomic mass is 9.54. The molecule has 0 spiro atoms. The van der Waals surface area contributed by atoms with Crippen molar-refractivity contribution < 1.29 is 14.3 Å². The second kappa shape index (κ2) is 11.4. The molecular weight excluding hydrogens is 478 g/mol. The third-order valence-electron chi connectivity index (χ3n) is 10.1. The topological polar surface area (TPSA) is 88.5 Å². The number of aromatic nitrogens is 2. The third-order valence-corrected chi connectivity index (χ3v) is 10.1. The van der Waals surface area contributed by atoms with E-state index in [0.717, 1.165) is 38.0 Å². The predicted molar refractivity (Wildman–Crippen MR) is 146 cm³/mol. The molecule has 1 saturated heterocycles. The predicted octanol–water partition coefficient (Wildman–Crippen LogP) is 3.77. The van der Waals surface area contributed by atoms with Crippen LogP contribution in [0.3, 0.4) is 0 Å². The minimum Gasteiger partial charge on any atom is -0.477 e. The van der Waals surface area contributed by atoms with E-state index in [2.05, 4.69) is 15.7 Å². The van der Waals surface area contributed by atoms with Crippen LogP contribution in [-0.2, 0) is 11.3 Å². The highest BCUT2D eigenvalue weighted by atomic mass is 16.5. The Balaban J connectivity index is 1.17. The van der Waals surface area contributed by atoms with E-state index >= 15 is 0 Å². The molecule has 0 atom stereocenters. The normalized spacial score (nSPS) is 31.4. The van der Waals surface area contributed by atoms with E-state index in [1.165, 1.54) is 64.2 Å². The van der Waals surface area contributed by atoms with Gasteiger partial charge in [0.25, 0.3) is 5.91 Å². The molecule has 1 aromatic heterocycles. The Morgan fingerprint density at radius 2 is 1.74 bits per heavy atom. The van der Waals surface area contributed by atoms with Crippen LogP contribution in [0.1, 0.15) is 81.5 Å². The molecule has 5 aliphatic carbocycles. The Morgan fingerprint density at radius 1 is 1.05 bits per heavy atom. The van der Waals surface area contributed by atoms with Crippen molar-refractivity contribution in [2.24, 2.45) is 29.6 Å². The van der Waals surface area contributed by atoms with Gasteiger partial charge < -0.3 is 20.3 Å². The molecular formula is C30H45N5O3. The number of hydrogen-bond donors (Lipinski definition) is 2. The summed E-state index contributed by atoms with van der Waals surface area (Å²) < 4.78 is 8.16. The van der Waals surface area contributed by atoms with Gasteiger partial charge in [-0.3, -0.25) is 9.59 Å². The van der Waals surface area contributed by atoms with E-state index in [1.807, 2.05) is 17.9 Å². The molecule has 7 rings (SSSR count). The number of nitrogens with one attached hydrogen (secondary N) is 2. The molecule has 0 unspecified atom stereocenters. The number of hydrogen-bond acceptors (Lipinski definition) is 5. The van der Waals surface area contributed by atoms with Crippen molar-refractivity contribution in [1.82, 2.24) is 25.3 Å². The molecule has 2 N–H and O–H groups in total. The molecule has 8 heteroatoms. The fraction of sp³-hybridized carbons (Fsp3) is 0.767. The standard InChI is InChI=1S/C30H45N5O3/c1-20(29(37)34-11-8-31-9-12-34)7-10-35-30(38-19-21-5-3-2-4-6-21)26(18-32-35)28(36)33-27-24-14-22-13-23(16-24)17-25(27)15-22/h7,18,21-25,27,31H,2-6,8-17,19H2,1H3,(H,33,36). The molecule has 2 amide bonds. The van der Waals surface area contributed by atoms with Crippen molar-refractivity contribution in [2.75, 3.05) is 32.8 Å². The summed E-state index contributed by atoms with van der Waals surface area (Å²) in [5, 5.41) is 11.3. The summed E-state index contributed by atoms with van der Waals surface area (Å²) in [5.41, 5.74) is 1.24. The van der Waals surface area contributed by atoms with Crippen LogP contribution in [0.2, 0.25) is 0 Å². The van der Waals surface area contributed by atoms with Gasteiger partial charge in [0.2, 0.25) is 11.8 Å². The van der Waals surface area contributed by atoms with E-state index in [4.69, 9.17) is 4.74 Å². The second-order valence-electron chi connectivity index (χ2n) is 12.7. The SMILES string of the molecule is CC(=CCn1ncc(C(=O)NC2C3CC4CC(C3)CC2C4)c1OCC1CCCCC1)C(=O)N1CCNCC1. The molecule has 6 aliphatic rings. The highest BCUT2D eigenvalue weighted by Crippen LogP contribution is 2.53. The van der Waals surface area contributed by atoms with Crippen LogP contribution in [0.25, 0.3) is 0 Å². The molecule has 5 saturated carbocycles. The van der Waals surface area contributed by atoms with E-state index < -0.39 is 0 Å². The summed E-state index contributed by atoms with van der Waals surface area (Å²) in [7, 11) is 0. The minimum absolute atomic E-state index is 0.0510. The molecule has 4 bridgehead atoms. The van der Waals surface area contributed by atoms with Crippen LogP contribution in [0.4, 0.5) is 0 Å². The van der Waals surface area contributed by atoms with Gasteiger partial charge in [-0.1, -0.05) is 25.3 Å². The second-order valence-corrected chi connectivity index (χ2v) is 12.7. The lowest BCUT2D eigenvalue weighted by molar-refractivity contribution is -0.127. The molecule has 0 aromatic carbocycles. The van der Waals surface area contributed by atoms with Crippen molar-refractivity contribution >= 4 is 11.8 Å². The number of rotatable bonds is 8. The average Bonchev–Trinajstić information content (AvgIpc) is 3.35. The maximum Gasteiger partial charge on any atom is 0.258 e. The van der Waals surface area contributed by atoms with Crippen molar-refractivity contribution in [3.05, 3.63) is 23.4 Å². The third kappa shape index (κ3) is 5.51. The first-order valence-electron chi connectivity index (χ1n) is 15.2. The first-order chi connectivity index (χ1) is 18.5. The quantitative estimate of drug-likeness (QED) is 0.507. The van der Waals surface area contributed by atoms with Gasteiger partial charge in [0.05, 0.1) is 19.3 Å². The van der Waals surface area contributed by atoms with Gasteiger partial charge in [-0.15, -0.1) is 0 Å². The highest BCUT2D eigenvalue weighted by Gasteiger charge is 2.48. The fourth-order valence-corrected chi connectivity index (χ4v) is 8.18. The van der Waals surface area contributed by atoms with E-state index in [-0.39, 0.29) is 17.9 Å². The Bertz CT molecular complexity index is 1010. The van der Waals surface area contributed by atoms with Gasteiger partial charge in [0, 0.05) is 37.8 Å². The van der Waals surface area contributed by atoms with E-state index in [1.54, 1.807) is 10.9 Å². The Hall–Kier alpha value is -2.35. The summed E-state index contributed by atoms with van der Waals surface area (Å²) in [4.78, 5) is 28.4. The van der Waals surface area contributed by atoms with Crippen molar-refractivity contribution in [3.63, 3.8) is 0 Å². The van der Waals surface area contributed by atoms with Crippen molar-refractivity contribution in [1.29, 1.82) is 0 Å².